The van der Waals surface area contributed by atoms with Crippen molar-refractivity contribution in [2.45, 2.75) is 33.2 Å². The van der Waals surface area contributed by atoms with Gasteiger partial charge in [-0.15, -0.1) is 21.8 Å². The third kappa shape index (κ3) is 3.10. The largest absolute Gasteiger partial charge is 0.344 e. The zero-order valence-corrected chi connectivity index (χ0v) is 10.4. The molecule has 1 rings (SSSR count). The first-order valence-electron chi connectivity index (χ1n) is 4.78. The fraction of sp³-hybridized carbons (Fsp3) is 0.778. The Labute approximate surface area is 94.1 Å². The number of hydrogen-bond donors (Lipinski definition) is 0. The van der Waals surface area contributed by atoms with Crippen LogP contribution in [-0.4, -0.2) is 28.7 Å². The van der Waals surface area contributed by atoms with Gasteiger partial charge in [-0.3, -0.25) is 0 Å². The molecule has 14 heavy (non-hydrogen) atoms. The van der Waals surface area contributed by atoms with E-state index in [1.54, 1.807) is 11.3 Å². The summed E-state index contributed by atoms with van der Waals surface area (Å²) in [5.74, 6) is 0.695. The van der Waals surface area contributed by atoms with Crippen molar-refractivity contribution in [3.63, 3.8) is 0 Å². The predicted octanol–water partition coefficient (Wildman–Crippen LogP) is 2.69. The second-order valence-corrected chi connectivity index (χ2v) is 4.97. The van der Waals surface area contributed by atoms with Crippen LogP contribution in [0.15, 0.2) is 0 Å². The number of aryl methyl sites for hydroxylation is 1. The molecule has 0 unspecified atom stereocenters. The summed E-state index contributed by atoms with van der Waals surface area (Å²) >= 11 is 7.32. The van der Waals surface area contributed by atoms with Gasteiger partial charge in [-0.25, -0.2) is 0 Å². The van der Waals surface area contributed by atoms with E-state index >= 15 is 0 Å². The van der Waals surface area contributed by atoms with E-state index in [4.69, 9.17) is 11.6 Å². The van der Waals surface area contributed by atoms with Crippen molar-refractivity contribution < 1.29 is 0 Å². The molecule has 0 saturated carbocycles. The zero-order valence-electron chi connectivity index (χ0n) is 8.83. The summed E-state index contributed by atoms with van der Waals surface area (Å²) in [5.41, 5.74) is 0. The Morgan fingerprint density at radius 3 is 2.57 bits per heavy atom. The van der Waals surface area contributed by atoms with E-state index in [0.717, 1.165) is 23.1 Å². The fourth-order valence-corrected chi connectivity index (χ4v) is 2.17. The van der Waals surface area contributed by atoms with Gasteiger partial charge < -0.3 is 4.90 Å². The molecule has 0 fully saturated rings. The lowest BCUT2D eigenvalue weighted by Gasteiger charge is -2.25. The molecule has 0 saturated heterocycles. The van der Waals surface area contributed by atoms with Gasteiger partial charge >= 0.3 is 0 Å². The quantitative estimate of drug-likeness (QED) is 0.733. The van der Waals surface area contributed by atoms with Crippen molar-refractivity contribution in [2.24, 2.45) is 0 Å². The summed E-state index contributed by atoms with van der Waals surface area (Å²) in [6, 6.07) is 0.450. The average molecular weight is 234 g/mol. The Bertz CT molecular complexity index is 275. The Hall–Kier alpha value is -0.350. The Balaban J connectivity index is 2.67. The molecule has 1 heterocycles. The minimum absolute atomic E-state index is 0.450. The van der Waals surface area contributed by atoms with Crippen molar-refractivity contribution >= 4 is 28.1 Å². The average Bonchev–Trinajstić information content (AvgIpc) is 2.52. The van der Waals surface area contributed by atoms with Gasteiger partial charge in [0.1, 0.15) is 5.01 Å². The molecule has 0 amide bonds. The third-order valence-electron chi connectivity index (χ3n) is 1.92. The maximum absolute atomic E-state index is 5.68. The van der Waals surface area contributed by atoms with Gasteiger partial charge in [0, 0.05) is 18.5 Å². The molecule has 0 aromatic carbocycles. The van der Waals surface area contributed by atoms with Crippen molar-refractivity contribution in [3.8, 4) is 0 Å². The molecule has 1 aromatic heterocycles. The van der Waals surface area contributed by atoms with E-state index in [9.17, 15) is 0 Å². The first-order valence-corrected chi connectivity index (χ1v) is 6.13. The van der Waals surface area contributed by atoms with Crippen LogP contribution >= 0.6 is 22.9 Å². The highest BCUT2D eigenvalue weighted by molar-refractivity contribution is 7.15. The minimum Gasteiger partial charge on any atom is -0.344 e. The lowest BCUT2D eigenvalue weighted by Crippen LogP contribution is -2.31. The molecule has 0 spiro atoms. The van der Waals surface area contributed by atoms with Gasteiger partial charge in [-0.05, 0) is 27.2 Å². The third-order valence-corrected chi connectivity index (χ3v) is 3.06. The summed E-state index contributed by atoms with van der Waals surface area (Å²) in [6.07, 6.45) is 0.984. The van der Waals surface area contributed by atoms with Gasteiger partial charge in [0.05, 0.1) is 0 Å². The second kappa shape index (κ2) is 5.51. The molecule has 0 bridgehead atoms. The molecule has 3 nitrogen and oxygen atoms in total. The molecule has 0 radical (unpaired) electrons. The van der Waals surface area contributed by atoms with Crippen LogP contribution in [0.25, 0.3) is 0 Å². The molecule has 0 N–H and O–H groups in total. The van der Waals surface area contributed by atoms with E-state index < -0.39 is 0 Å². The highest BCUT2D eigenvalue weighted by atomic mass is 35.5. The molecule has 0 aliphatic heterocycles. The van der Waals surface area contributed by atoms with Crippen molar-refractivity contribution in [1.82, 2.24) is 10.2 Å². The first-order chi connectivity index (χ1) is 6.65. The molecular weight excluding hydrogens is 218 g/mol. The Morgan fingerprint density at radius 2 is 2.14 bits per heavy atom. The van der Waals surface area contributed by atoms with Gasteiger partial charge in [0.2, 0.25) is 5.13 Å². The number of anilines is 1. The summed E-state index contributed by atoms with van der Waals surface area (Å²) in [7, 11) is 0. The maximum atomic E-state index is 5.68. The van der Waals surface area contributed by atoms with Crippen LogP contribution in [0, 0.1) is 6.92 Å². The molecule has 5 heteroatoms. The van der Waals surface area contributed by atoms with Crippen LogP contribution < -0.4 is 4.90 Å². The highest BCUT2D eigenvalue weighted by Crippen LogP contribution is 2.21. The smallest absolute Gasteiger partial charge is 0.208 e. The van der Waals surface area contributed by atoms with Crippen molar-refractivity contribution in [1.29, 1.82) is 0 Å². The lowest BCUT2D eigenvalue weighted by molar-refractivity contribution is 0.666. The van der Waals surface area contributed by atoms with Crippen LogP contribution in [0.4, 0.5) is 5.13 Å². The molecule has 0 aliphatic carbocycles. The van der Waals surface area contributed by atoms with Crippen LogP contribution in [0.5, 0.6) is 0 Å². The zero-order chi connectivity index (χ0) is 10.6. The normalized spacial score (nSPS) is 10.9. The maximum Gasteiger partial charge on any atom is 0.208 e. The lowest BCUT2D eigenvalue weighted by atomic mass is 10.3. The Morgan fingerprint density at radius 1 is 1.43 bits per heavy atom. The van der Waals surface area contributed by atoms with E-state index in [1.165, 1.54) is 0 Å². The van der Waals surface area contributed by atoms with Gasteiger partial charge in [-0.2, -0.15) is 0 Å². The van der Waals surface area contributed by atoms with E-state index in [1.807, 2.05) is 6.92 Å². The van der Waals surface area contributed by atoms with Gasteiger partial charge in [0.15, 0.2) is 0 Å². The van der Waals surface area contributed by atoms with Crippen LogP contribution in [0.3, 0.4) is 0 Å². The topological polar surface area (TPSA) is 29.0 Å². The molecule has 0 atom stereocenters. The number of aromatic nitrogens is 2. The standard InChI is InChI=1S/C9H16ClN3S/c1-7(2)13(6-4-5-10)9-12-11-8(3)14-9/h7H,4-6H2,1-3H3. The molecule has 0 aliphatic rings. The summed E-state index contributed by atoms with van der Waals surface area (Å²) in [5, 5.41) is 10.2. The monoisotopic (exact) mass is 233 g/mol. The molecule has 1 aromatic rings. The van der Waals surface area contributed by atoms with E-state index in [0.29, 0.717) is 11.9 Å². The molecule has 80 valence electrons. The predicted molar refractivity (Wildman–Crippen MR) is 62.5 cm³/mol. The van der Waals surface area contributed by atoms with Crippen molar-refractivity contribution in [3.05, 3.63) is 5.01 Å². The van der Waals surface area contributed by atoms with Crippen molar-refractivity contribution in [2.75, 3.05) is 17.3 Å². The number of nitrogens with zero attached hydrogens (tertiary/aromatic N) is 3. The molecular formula is C9H16ClN3S. The number of halogens is 1. The van der Waals surface area contributed by atoms with Gasteiger partial charge in [0.25, 0.3) is 0 Å². The number of alkyl halides is 1. The number of rotatable bonds is 5. The summed E-state index contributed by atoms with van der Waals surface area (Å²) in [4.78, 5) is 2.24. The second-order valence-electron chi connectivity index (χ2n) is 3.43. The van der Waals surface area contributed by atoms with Crippen LogP contribution in [0.1, 0.15) is 25.3 Å². The Kier molecular flexibility index (Phi) is 4.62. The van der Waals surface area contributed by atoms with Gasteiger partial charge in [-0.1, -0.05) is 11.3 Å². The first kappa shape index (κ1) is 11.7. The van der Waals surface area contributed by atoms with Crippen LogP contribution in [0.2, 0.25) is 0 Å². The van der Waals surface area contributed by atoms with E-state index in [-0.39, 0.29) is 0 Å². The summed E-state index contributed by atoms with van der Waals surface area (Å²) < 4.78 is 0. The fourth-order valence-electron chi connectivity index (χ4n) is 1.21. The number of hydrogen-bond acceptors (Lipinski definition) is 4. The highest BCUT2D eigenvalue weighted by Gasteiger charge is 2.13. The summed E-state index contributed by atoms with van der Waals surface area (Å²) in [6.45, 7) is 7.24. The SMILES string of the molecule is Cc1nnc(N(CCCCl)C(C)C)s1. The minimum atomic E-state index is 0.450. The van der Waals surface area contributed by atoms with Crippen LogP contribution in [-0.2, 0) is 0 Å². The van der Waals surface area contributed by atoms with E-state index in [2.05, 4.69) is 28.9 Å².